The van der Waals surface area contributed by atoms with E-state index >= 15 is 0 Å². The topological polar surface area (TPSA) is 37.2 Å². The van der Waals surface area contributed by atoms with Gasteiger partial charge in [0, 0.05) is 23.5 Å². The molecule has 3 aromatic rings. The maximum absolute atomic E-state index is 5.92. The first-order valence-corrected chi connectivity index (χ1v) is 11.0. The van der Waals surface area contributed by atoms with Gasteiger partial charge >= 0.3 is 0 Å². The maximum Gasteiger partial charge on any atom is 0.115 e. The van der Waals surface area contributed by atoms with Crippen molar-refractivity contribution in [1.29, 1.82) is 0 Å². The summed E-state index contributed by atoms with van der Waals surface area (Å²) in [4.78, 5) is 0. The van der Waals surface area contributed by atoms with Crippen molar-refractivity contribution in [1.82, 2.24) is 0 Å². The van der Waals surface area contributed by atoms with Gasteiger partial charge < -0.3 is 15.1 Å². The molecule has 2 aromatic carbocycles. The summed E-state index contributed by atoms with van der Waals surface area (Å²) in [5, 5.41) is 7.19. The van der Waals surface area contributed by atoms with Crippen LogP contribution in [0.25, 0.3) is 0 Å². The van der Waals surface area contributed by atoms with E-state index in [1.807, 2.05) is 6.07 Å². The predicted octanol–water partition coefficient (Wildman–Crippen LogP) is 7.33. The number of hydrogen-bond donors (Lipinski definition) is 2. The molecule has 3 rings (SSSR count). The van der Waals surface area contributed by atoms with E-state index in [2.05, 4.69) is 96.4 Å². The van der Waals surface area contributed by atoms with Gasteiger partial charge in [-0.05, 0) is 101 Å². The number of rotatable bonds is 7. The van der Waals surface area contributed by atoms with Crippen LogP contribution in [0.2, 0.25) is 0 Å². The molecule has 3 nitrogen and oxygen atoms in total. The lowest BCUT2D eigenvalue weighted by Crippen LogP contribution is -2.14. The van der Waals surface area contributed by atoms with Crippen LogP contribution in [0.4, 0.5) is 11.4 Å². The third-order valence-electron chi connectivity index (χ3n) is 5.47. The molecule has 0 atom stereocenters. The van der Waals surface area contributed by atoms with E-state index in [1.165, 1.54) is 44.8 Å². The predicted molar refractivity (Wildman–Crippen MR) is 129 cm³/mol. The molecule has 0 radical (unpaired) electrons. The van der Waals surface area contributed by atoms with Gasteiger partial charge in [0.15, 0.2) is 0 Å². The summed E-state index contributed by atoms with van der Waals surface area (Å²) >= 11 is 0. The molecule has 0 saturated heterocycles. The molecule has 1 aromatic heterocycles. The van der Waals surface area contributed by atoms with Crippen LogP contribution in [0.1, 0.15) is 72.8 Å². The van der Waals surface area contributed by atoms with Gasteiger partial charge in [0.25, 0.3) is 0 Å². The van der Waals surface area contributed by atoms with Crippen molar-refractivity contribution in [2.24, 2.45) is 0 Å². The van der Waals surface area contributed by atoms with Crippen LogP contribution >= 0.6 is 0 Å². The fourth-order valence-electron chi connectivity index (χ4n) is 4.34. The summed E-state index contributed by atoms with van der Waals surface area (Å²) < 4.78 is 5.92. The maximum atomic E-state index is 5.92. The first-order chi connectivity index (χ1) is 14.2. The van der Waals surface area contributed by atoms with Crippen LogP contribution < -0.4 is 10.6 Å². The molecule has 160 valence electrons. The van der Waals surface area contributed by atoms with Crippen molar-refractivity contribution in [2.45, 2.75) is 73.4 Å². The molecule has 0 unspecified atom stereocenters. The van der Waals surface area contributed by atoms with Crippen LogP contribution in [0.5, 0.6) is 0 Å². The van der Waals surface area contributed by atoms with Crippen LogP contribution in [-0.2, 0) is 0 Å². The van der Waals surface area contributed by atoms with E-state index in [9.17, 15) is 0 Å². The molecule has 0 saturated carbocycles. The Hall–Kier alpha value is -2.68. The largest absolute Gasteiger partial charge is 0.468 e. The minimum Gasteiger partial charge on any atom is -0.468 e. The lowest BCUT2D eigenvalue weighted by atomic mass is 9.85. The Bertz CT molecular complexity index is 888. The van der Waals surface area contributed by atoms with Gasteiger partial charge in [0.2, 0.25) is 0 Å². The van der Waals surface area contributed by atoms with E-state index < -0.39 is 0 Å². The SMILES string of the molecule is Cc1cc(C(c2cc(C)c(NC(C)C)c(C)c2)c2ccco2)cc(C)c1NC(C)C. The fraction of sp³-hybridized carbons (Fsp3) is 0.407. The average Bonchev–Trinajstić information content (AvgIpc) is 3.15. The monoisotopic (exact) mass is 404 g/mol. The van der Waals surface area contributed by atoms with Gasteiger partial charge in [-0.25, -0.2) is 0 Å². The average molecular weight is 405 g/mol. The lowest BCUT2D eigenvalue weighted by molar-refractivity contribution is 0.503. The molecular weight excluding hydrogens is 368 g/mol. The summed E-state index contributed by atoms with van der Waals surface area (Å²) in [6.07, 6.45) is 1.77. The Labute approximate surface area is 181 Å². The molecule has 2 N–H and O–H groups in total. The molecule has 0 spiro atoms. The second-order valence-electron chi connectivity index (χ2n) is 9.11. The van der Waals surface area contributed by atoms with Crippen LogP contribution in [0.3, 0.4) is 0 Å². The Morgan fingerprint density at radius 1 is 0.667 bits per heavy atom. The Morgan fingerprint density at radius 3 is 1.37 bits per heavy atom. The van der Waals surface area contributed by atoms with Gasteiger partial charge in [-0.2, -0.15) is 0 Å². The van der Waals surface area contributed by atoms with Gasteiger partial charge in [-0.15, -0.1) is 0 Å². The zero-order valence-corrected chi connectivity index (χ0v) is 19.7. The van der Waals surface area contributed by atoms with E-state index in [1.54, 1.807) is 6.26 Å². The molecule has 0 amide bonds. The lowest BCUT2D eigenvalue weighted by Gasteiger charge is -2.23. The summed E-state index contributed by atoms with van der Waals surface area (Å²) in [7, 11) is 0. The number of aryl methyl sites for hydroxylation is 4. The third-order valence-corrected chi connectivity index (χ3v) is 5.47. The van der Waals surface area contributed by atoms with Gasteiger partial charge in [0.1, 0.15) is 5.76 Å². The molecule has 0 aliphatic heterocycles. The van der Waals surface area contributed by atoms with Crippen molar-refractivity contribution in [3.05, 3.63) is 81.8 Å². The number of hydrogen-bond acceptors (Lipinski definition) is 3. The molecule has 3 heteroatoms. The normalized spacial score (nSPS) is 11.6. The summed E-state index contributed by atoms with van der Waals surface area (Å²) in [6.45, 7) is 17.5. The highest BCUT2D eigenvalue weighted by Gasteiger charge is 2.23. The molecule has 0 fully saturated rings. The van der Waals surface area contributed by atoms with Gasteiger partial charge in [-0.1, -0.05) is 24.3 Å². The Morgan fingerprint density at radius 2 is 1.07 bits per heavy atom. The third kappa shape index (κ3) is 4.72. The summed E-state index contributed by atoms with van der Waals surface area (Å²) in [5.41, 5.74) is 10.1. The van der Waals surface area contributed by atoms with E-state index in [0.717, 1.165) is 5.76 Å². The first-order valence-electron chi connectivity index (χ1n) is 11.0. The minimum atomic E-state index is 0.0657. The smallest absolute Gasteiger partial charge is 0.115 e. The highest BCUT2D eigenvalue weighted by molar-refractivity contribution is 5.63. The molecular formula is C27H36N2O. The van der Waals surface area contributed by atoms with E-state index in [-0.39, 0.29) is 5.92 Å². The summed E-state index contributed by atoms with van der Waals surface area (Å²) in [6, 6.07) is 14.1. The molecule has 1 heterocycles. The highest BCUT2D eigenvalue weighted by Crippen LogP contribution is 2.38. The van der Waals surface area contributed by atoms with Crippen molar-refractivity contribution in [3.63, 3.8) is 0 Å². The van der Waals surface area contributed by atoms with Crippen molar-refractivity contribution >= 4 is 11.4 Å². The van der Waals surface area contributed by atoms with Gasteiger partial charge in [0.05, 0.1) is 12.2 Å². The summed E-state index contributed by atoms with van der Waals surface area (Å²) in [5.74, 6) is 1.04. The zero-order chi connectivity index (χ0) is 22.0. The number of benzene rings is 2. The highest BCUT2D eigenvalue weighted by atomic mass is 16.3. The van der Waals surface area contributed by atoms with Crippen molar-refractivity contribution < 1.29 is 4.42 Å². The quantitative estimate of drug-likeness (QED) is 0.433. The van der Waals surface area contributed by atoms with Crippen LogP contribution in [-0.4, -0.2) is 12.1 Å². The van der Waals surface area contributed by atoms with Crippen molar-refractivity contribution in [2.75, 3.05) is 10.6 Å². The van der Waals surface area contributed by atoms with E-state index in [4.69, 9.17) is 4.42 Å². The molecule has 0 aliphatic carbocycles. The molecule has 30 heavy (non-hydrogen) atoms. The fourth-order valence-corrected chi connectivity index (χ4v) is 4.34. The van der Waals surface area contributed by atoms with Crippen molar-refractivity contribution in [3.8, 4) is 0 Å². The number of nitrogens with one attached hydrogen (secondary N) is 2. The standard InChI is InChI=1S/C27H36N2O/c1-16(2)28-26-18(5)12-22(13-19(26)6)25(24-10-9-11-30-24)23-14-20(7)27(21(8)15-23)29-17(3)4/h9-17,25,28-29H,1-8H3. The second kappa shape index (κ2) is 8.99. The molecule has 0 aliphatic rings. The van der Waals surface area contributed by atoms with Crippen LogP contribution in [0, 0.1) is 27.7 Å². The molecule has 0 bridgehead atoms. The van der Waals surface area contributed by atoms with Gasteiger partial charge in [-0.3, -0.25) is 0 Å². The zero-order valence-electron chi connectivity index (χ0n) is 19.7. The number of anilines is 2. The first kappa shape index (κ1) is 22.0. The second-order valence-corrected chi connectivity index (χ2v) is 9.11. The Balaban J connectivity index is 2.13. The van der Waals surface area contributed by atoms with Crippen LogP contribution in [0.15, 0.2) is 47.1 Å². The minimum absolute atomic E-state index is 0.0657. The Kier molecular flexibility index (Phi) is 6.60. The van der Waals surface area contributed by atoms with E-state index in [0.29, 0.717) is 12.1 Å². The number of furan rings is 1.